The van der Waals surface area contributed by atoms with Gasteiger partial charge in [-0.15, -0.1) is 0 Å². The van der Waals surface area contributed by atoms with Crippen molar-refractivity contribution in [1.29, 1.82) is 0 Å². The standard InChI is InChI=1S/C15H32N2/c1-7-15(6)11-17(14(5)10-16-15)13(4)9-8-12(2)3/h12-14,16H,7-11H2,1-6H3. The summed E-state index contributed by atoms with van der Waals surface area (Å²) in [6.07, 6.45) is 3.90. The lowest BCUT2D eigenvalue weighted by Crippen LogP contribution is -2.63. The molecule has 0 aliphatic carbocycles. The Morgan fingerprint density at radius 1 is 1.29 bits per heavy atom. The molecule has 102 valence electrons. The second-order valence-corrected chi connectivity index (χ2v) is 6.64. The van der Waals surface area contributed by atoms with Gasteiger partial charge in [-0.3, -0.25) is 4.90 Å². The lowest BCUT2D eigenvalue weighted by atomic mass is 9.91. The van der Waals surface area contributed by atoms with Crippen LogP contribution >= 0.6 is 0 Å². The van der Waals surface area contributed by atoms with Crippen molar-refractivity contribution in [3.8, 4) is 0 Å². The van der Waals surface area contributed by atoms with Crippen LogP contribution in [-0.2, 0) is 0 Å². The van der Waals surface area contributed by atoms with Crippen LogP contribution in [-0.4, -0.2) is 35.6 Å². The molecule has 0 saturated carbocycles. The van der Waals surface area contributed by atoms with Gasteiger partial charge in [0.15, 0.2) is 0 Å². The molecule has 0 aromatic heterocycles. The van der Waals surface area contributed by atoms with Crippen LogP contribution in [0.15, 0.2) is 0 Å². The molecular formula is C15H32N2. The Labute approximate surface area is 108 Å². The first kappa shape index (κ1) is 15.0. The van der Waals surface area contributed by atoms with E-state index in [-0.39, 0.29) is 0 Å². The molecule has 1 aliphatic rings. The van der Waals surface area contributed by atoms with Crippen LogP contribution in [0.1, 0.15) is 60.8 Å². The zero-order chi connectivity index (χ0) is 13.1. The van der Waals surface area contributed by atoms with Gasteiger partial charge >= 0.3 is 0 Å². The van der Waals surface area contributed by atoms with Gasteiger partial charge in [0.05, 0.1) is 0 Å². The molecule has 3 atom stereocenters. The normalized spacial score (nSPS) is 33.0. The van der Waals surface area contributed by atoms with Crippen molar-refractivity contribution in [2.45, 2.75) is 78.4 Å². The van der Waals surface area contributed by atoms with Crippen LogP contribution in [0.25, 0.3) is 0 Å². The third-order valence-corrected chi connectivity index (χ3v) is 4.43. The van der Waals surface area contributed by atoms with Crippen molar-refractivity contribution in [3.63, 3.8) is 0 Å². The average Bonchev–Trinajstić information content (AvgIpc) is 2.29. The maximum absolute atomic E-state index is 3.70. The van der Waals surface area contributed by atoms with Gasteiger partial charge in [-0.2, -0.15) is 0 Å². The Bertz CT molecular complexity index is 227. The monoisotopic (exact) mass is 240 g/mol. The fourth-order valence-corrected chi connectivity index (χ4v) is 2.69. The third kappa shape index (κ3) is 4.26. The number of hydrogen-bond acceptors (Lipinski definition) is 2. The van der Waals surface area contributed by atoms with Crippen molar-refractivity contribution in [2.75, 3.05) is 13.1 Å². The molecule has 0 amide bonds. The Morgan fingerprint density at radius 2 is 1.94 bits per heavy atom. The van der Waals surface area contributed by atoms with Gasteiger partial charge in [-0.1, -0.05) is 20.8 Å². The van der Waals surface area contributed by atoms with Crippen molar-refractivity contribution in [2.24, 2.45) is 5.92 Å². The molecule has 1 heterocycles. The first-order chi connectivity index (χ1) is 7.88. The molecule has 1 saturated heterocycles. The molecule has 2 heteroatoms. The molecule has 0 aromatic rings. The summed E-state index contributed by atoms with van der Waals surface area (Å²) in [6, 6.07) is 1.40. The maximum Gasteiger partial charge on any atom is 0.0278 e. The van der Waals surface area contributed by atoms with E-state index in [2.05, 4.69) is 51.8 Å². The lowest BCUT2D eigenvalue weighted by Gasteiger charge is -2.47. The molecule has 0 spiro atoms. The molecule has 0 aromatic carbocycles. The van der Waals surface area contributed by atoms with Gasteiger partial charge in [-0.25, -0.2) is 0 Å². The van der Waals surface area contributed by atoms with E-state index >= 15 is 0 Å². The predicted octanol–water partition coefficient (Wildman–Crippen LogP) is 3.27. The second-order valence-electron chi connectivity index (χ2n) is 6.64. The minimum absolute atomic E-state index is 0.318. The molecule has 3 unspecified atom stereocenters. The third-order valence-electron chi connectivity index (χ3n) is 4.43. The smallest absolute Gasteiger partial charge is 0.0278 e. The van der Waals surface area contributed by atoms with Crippen LogP contribution in [0, 0.1) is 5.92 Å². The van der Waals surface area contributed by atoms with Crippen LogP contribution < -0.4 is 5.32 Å². The van der Waals surface area contributed by atoms with Crippen LogP contribution in [0.4, 0.5) is 0 Å². The molecule has 1 aliphatic heterocycles. The second kappa shape index (κ2) is 6.19. The highest BCUT2D eigenvalue weighted by atomic mass is 15.3. The maximum atomic E-state index is 3.70. The minimum atomic E-state index is 0.318. The van der Waals surface area contributed by atoms with Gasteiger partial charge in [0, 0.05) is 30.7 Å². The minimum Gasteiger partial charge on any atom is -0.309 e. The summed E-state index contributed by atoms with van der Waals surface area (Å²) in [4.78, 5) is 2.71. The predicted molar refractivity (Wildman–Crippen MR) is 76.4 cm³/mol. The summed E-state index contributed by atoms with van der Waals surface area (Å²) >= 11 is 0. The van der Waals surface area contributed by atoms with E-state index in [4.69, 9.17) is 0 Å². The molecule has 0 bridgehead atoms. The van der Waals surface area contributed by atoms with Gasteiger partial charge in [0.1, 0.15) is 0 Å². The average molecular weight is 240 g/mol. The van der Waals surface area contributed by atoms with Crippen LogP contribution in [0.3, 0.4) is 0 Å². The van der Waals surface area contributed by atoms with E-state index < -0.39 is 0 Å². The lowest BCUT2D eigenvalue weighted by molar-refractivity contribution is 0.0549. The van der Waals surface area contributed by atoms with Gasteiger partial charge in [0.2, 0.25) is 0 Å². The fraction of sp³-hybridized carbons (Fsp3) is 1.00. The highest BCUT2D eigenvalue weighted by molar-refractivity contribution is 4.94. The molecule has 1 rings (SSSR count). The molecule has 0 radical (unpaired) electrons. The highest BCUT2D eigenvalue weighted by Gasteiger charge is 2.34. The van der Waals surface area contributed by atoms with Gasteiger partial charge in [0.25, 0.3) is 0 Å². The first-order valence-corrected chi connectivity index (χ1v) is 7.38. The molecular weight excluding hydrogens is 208 g/mol. The van der Waals surface area contributed by atoms with E-state index in [0.29, 0.717) is 11.6 Å². The van der Waals surface area contributed by atoms with Crippen LogP contribution in [0.2, 0.25) is 0 Å². The topological polar surface area (TPSA) is 15.3 Å². The summed E-state index contributed by atoms with van der Waals surface area (Å²) in [6.45, 7) is 16.4. The Balaban J connectivity index is 2.54. The molecule has 2 nitrogen and oxygen atoms in total. The molecule has 17 heavy (non-hydrogen) atoms. The summed E-state index contributed by atoms with van der Waals surface area (Å²) in [5, 5.41) is 3.70. The van der Waals surface area contributed by atoms with Gasteiger partial charge in [-0.05, 0) is 46.0 Å². The Hall–Kier alpha value is -0.0800. The number of nitrogens with zero attached hydrogens (tertiary/aromatic N) is 1. The number of piperazine rings is 1. The van der Waals surface area contributed by atoms with E-state index in [1.807, 2.05) is 0 Å². The summed E-state index contributed by atoms with van der Waals surface area (Å²) in [5.41, 5.74) is 0.318. The van der Waals surface area contributed by atoms with Crippen molar-refractivity contribution >= 4 is 0 Å². The molecule has 1 N–H and O–H groups in total. The quantitative estimate of drug-likeness (QED) is 0.793. The summed E-state index contributed by atoms with van der Waals surface area (Å²) < 4.78 is 0. The SMILES string of the molecule is CCC1(C)CN(C(C)CCC(C)C)C(C)CN1. The zero-order valence-electron chi connectivity index (χ0n) is 12.7. The number of nitrogens with one attached hydrogen (secondary N) is 1. The van der Waals surface area contributed by atoms with Crippen molar-refractivity contribution in [3.05, 3.63) is 0 Å². The van der Waals surface area contributed by atoms with Crippen LogP contribution in [0.5, 0.6) is 0 Å². The number of rotatable bonds is 5. The highest BCUT2D eigenvalue weighted by Crippen LogP contribution is 2.23. The Morgan fingerprint density at radius 3 is 2.47 bits per heavy atom. The summed E-state index contributed by atoms with van der Waals surface area (Å²) in [5.74, 6) is 0.827. The van der Waals surface area contributed by atoms with E-state index in [0.717, 1.165) is 18.5 Å². The van der Waals surface area contributed by atoms with E-state index in [1.165, 1.54) is 25.8 Å². The van der Waals surface area contributed by atoms with E-state index in [1.54, 1.807) is 0 Å². The zero-order valence-corrected chi connectivity index (χ0v) is 12.7. The molecule has 1 fully saturated rings. The van der Waals surface area contributed by atoms with Crippen molar-refractivity contribution in [1.82, 2.24) is 10.2 Å². The summed E-state index contributed by atoms with van der Waals surface area (Å²) in [7, 11) is 0. The first-order valence-electron chi connectivity index (χ1n) is 7.38. The largest absolute Gasteiger partial charge is 0.309 e. The van der Waals surface area contributed by atoms with Gasteiger partial charge < -0.3 is 5.32 Å². The number of hydrogen-bond donors (Lipinski definition) is 1. The van der Waals surface area contributed by atoms with E-state index in [9.17, 15) is 0 Å². The fourth-order valence-electron chi connectivity index (χ4n) is 2.69. The Kier molecular flexibility index (Phi) is 5.46. The van der Waals surface area contributed by atoms with Crippen molar-refractivity contribution < 1.29 is 0 Å².